The molecule has 3 aromatic carbocycles. The summed E-state index contributed by atoms with van der Waals surface area (Å²) in [4.78, 5) is 29.0. The average Bonchev–Trinajstić information content (AvgIpc) is 2.92. The van der Waals surface area contributed by atoms with Crippen LogP contribution in [0, 0.1) is 0 Å². The molecule has 208 valence electrons. The number of carbonyl (C=O) groups is 2. The number of amides is 2. The number of benzene rings is 3. The Hall–Kier alpha value is -3.10. The molecule has 0 spiro atoms. The number of rotatable bonds is 10. The van der Waals surface area contributed by atoms with Crippen LogP contribution in [0.15, 0.2) is 66.7 Å². The zero-order chi connectivity index (χ0) is 28.0. The van der Waals surface area contributed by atoms with Gasteiger partial charge in [0.15, 0.2) is 0 Å². The number of hydrogen-bond donors (Lipinski definition) is 1. The molecule has 9 heteroatoms. The van der Waals surface area contributed by atoms with E-state index in [1.165, 1.54) is 11.3 Å². The van der Waals surface area contributed by atoms with Gasteiger partial charge in [0.05, 0.1) is 11.9 Å². The van der Waals surface area contributed by atoms with Gasteiger partial charge in [-0.25, -0.2) is 8.42 Å². The van der Waals surface area contributed by atoms with E-state index in [0.717, 1.165) is 52.6 Å². The Morgan fingerprint density at radius 2 is 1.64 bits per heavy atom. The number of carbonyl (C=O) groups excluding carboxylic acids is 2. The molecule has 1 aliphatic rings. The zero-order valence-electron chi connectivity index (χ0n) is 22.5. The Morgan fingerprint density at radius 3 is 2.31 bits per heavy atom. The van der Waals surface area contributed by atoms with E-state index in [4.69, 9.17) is 11.6 Å². The molecule has 0 heterocycles. The van der Waals surface area contributed by atoms with Crippen LogP contribution in [0.2, 0.25) is 5.02 Å². The van der Waals surface area contributed by atoms with Crippen molar-refractivity contribution in [3.63, 3.8) is 0 Å². The number of anilines is 1. The lowest BCUT2D eigenvalue weighted by molar-refractivity contribution is -0.140. The molecule has 39 heavy (non-hydrogen) atoms. The molecule has 0 saturated heterocycles. The lowest BCUT2D eigenvalue weighted by Gasteiger charge is -2.34. The van der Waals surface area contributed by atoms with E-state index in [1.807, 2.05) is 49.4 Å². The van der Waals surface area contributed by atoms with Gasteiger partial charge < -0.3 is 10.2 Å². The predicted octanol–water partition coefficient (Wildman–Crippen LogP) is 5.52. The topological polar surface area (TPSA) is 86.8 Å². The standard InChI is InChI=1S/C30H36ClN3O4S/c1-3-27(30(36)32-25-12-5-4-6-13-25)33(20-22-16-18-24(31)19-17-22)29(35)21-34(39(2,37)38)28-15-9-11-23-10-7-8-14-26(23)28/h7-11,14-19,25,27H,3-6,12-13,20-21H2,1-2H3,(H,32,36)/t27-/m0/s1. The van der Waals surface area contributed by atoms with Crippen molar-refractivity contribution in [1.82, 2.24) is 10.2 Å². The summed E-state index contributed by atoms with van der Waals surface area (Å²) in [6.07, 6.45) is 6.66. The quantitative estimate of drug-likeness (QED) is 0.348. The Labute approximate surface area is 236 Å². The molecule has 1 fully saturated rings. The highest BCUT2D eigenvalue weighted by molar-refractivity contribution is 7.92. The van der Waals surface area contributed by atoms with Crippen molar-refractivity contribution in [2.75, 3.05) is 17.1 Å². The molecule has 3 aromatic rings. The molecular weight excluding hydrogens is 534 g/mol. The maximum absolute atomic E-state index is 14.0. The van der Waals surface area contributed by atoms with E-state index in [-0.39, 0.29) is 18.5 Å². The van der Waals surface area contributed by atoms with Gasteiger partial charge in [0.25, 0.3) is 0 Å². The predicted molar refractivity (Wildman–Crippen MR) is 157 cm³/mol. The molecule has 1 aliphatic carbocycles. The molecule has 0 aliphatic heterocycles. The van der Waals surface area contributed by atoms with Gasteiger partial charge in [-0.15, -0.1) is 0 Å². The summed E-state index contributed by atoms with van der Waals surface area (Å²) in [6.45, 7) is 1.60. The van der Waals surface area contributed by atoms with Gasteiger partial charge in [0, 0.05) is 23.0 Å². The Kier molecular flexibility index (Phi) is 9.51. The second-order valence-corrected chi connectivity index (χ2v) is 12.5. The van der Waals surface area contributed by atoms with Crippen molar-refractivity contribution >= 4 is 49.9 Å². The third kappa shape index (κ3) is 7.31. The molecule has 0 unspecified atom stereocenters. The molecule has 0 bridgehead atoms. The van der Waals surface area contributed by atoms with Gasteiger partial charge >= 0.3 is 0 Å². The summed E-state index contributed by atoms with van der Waals surface area (Å²) >= 11 is 6.08. The van der Waals surface area contributed by atoms with Crippen LogP contribution in [0.1, 0.15) is 51.0 Å². The third-order valence-electron chi connectivity index (χ3n) is 7.32. The highest BCUT2D eigenvalue weighted by Gasteiger charge is 2.33. The fourth-order valence-electron chi connectivity index (χ4n) is 5.27. The first kappa shape index (κ1) is 28.9. The molecule has 0 radical (unpaired) electrons. The largest absolute Gasteiger partial charge is 0.352 e. The minimum absolute atomic E-state index is 0.0935. The first-order chi connectivity index (χ1) is 18.7. The van der Waals surface area contributed by atoms with E-state index in [0.29, 0.717) is 17.1 Å². The van der Waals surface area contributed by atoms with Crippen LogP contribution < -0.4 is 9.62 Å². The molecule has 1 N–H and O–H groups in total. The van der Waals surface area contributed by atoms with Gasteiger partial charge in [0.1, 0.15) is 12.6 Å². The summed E-state index contributed by atoms with van der Waals surface area (Å²) < 4.78 is 27.2. The highest BCUT2D eigenvalue weighted by Crippen LogP contribution is 2.29. The fourth-order valence-corrected chi connectivity index (χ4v) is 6.26. The van der Waals surface area contributed by atoms with Crippen molar-refractivity contribution in [1.29, 1.82) is 0 Å². The van der Waals surface area contributed by atoms with E-state index >= 15 is 0 Å². The van der Waals surface area contributed by atoms with Crippen LogP contribution >= 0.6 is 11.6 Å². The third-order valence-corrected chi connectivity index (χ3v) is 8.70. The lowest BCUT2D eigenvalue weighted by Crippen LogP contribution is -2.54. The zero-order valence-corrected chi connectivity index (χ0v) is 24.0. The number of nitrogens with one attached hydrogen (secondary N) is 1. The smallest absolute Gasteiger partial charge is 0.244 e. The average molecular weight is 570 g/mol. The maximum atomic E-state index is 14.0. The molecule has 7 nitrogen and oxygen atoms in total. The summed E-state index contributed by atoms with van der Waals surface area (Å²) in [7, 11) is -3.82. The summed E-state index contributed by atoms with van der Waals surface area (Å²) in [5.74, 6) is -0.656. The van der Waals surface area contributed by atoms with Crippen molar-refractivity contribution in [2.24, 2.45) is 0 Å². The molecule has 4 rings (SSSR count). The van der Waals surface area contributed by atoms with Crippen molar-refractivity contribution < 1.29 is 18.0 Å². The van der Waals surface area contributed by atoms with Crippen LogP contribution in [-0.2, 0) is 26.2 Å². The number of sulfonamides is 1. The van der Waals surface area contributed by atoms with Gasteiger partial charge in [-0.2, -0.15) is 0 Å². The first-order valence-corrected chi connectivity index (χ1v) is 15.7. The van der Waals surface area contributed by atoms with Gasteiger partial charge in [-0.1, -0.05) is 86.3 Å². The minimum Gasteiger partial charge on any atom is -0.352 e. The Balaban J connectivity index is 1.67. The van der Waals surface area contributed by atoms with Crippen molar-refractivity contribution in [3.05, 3.63) is 77.3 Å². The summed E-state index contributed by atoms with van der Waals surface area (Å²) in [6, 6.07) is 19.3. The van der Waals surface area contributed by atoms with E-state index in [2.05, 4.69) is 5.32 Å². The summed E-state index contributed by atoms with van der Waals surface area (Å²) in [5, 5.41) is 5.32. The number of fused-ring (bicyclic) bond motifs is 1. The number of nitrogens with zero attached hydrogens (tertiary/aromatic N) is 2. The Bertz CT molecular complexity index is 1400. The van der Waals surface area contributed by atoms with Gasteiger partial charge in [0.2, 0.25) is 21.8 Å². The molecule has 2 amide bonds. The van der Waals surface area contributed by atoms with Gasteiger partial charge in [-0.3, -0.25) is 13.9 Å². The van der Waals surface area contributed by atoms with Crippen molar-refractivity contribution in [2.45, 2.75) is 64.1 Å². The molecular formula is C30H36ClN3O4S. The normalized spacial score (nSPS) is 15.1. The van der Waals surface area contributed by atoms with E-state index in [1.54, 1.807) is 24.3 Å². The van der Waals surface area contributed by atoms with Crippen LogP contribution in [0.4, 0.5) is 5.69 Å². The monoisotopic (exact) mass is 569 g/mol. The summed E-state index contributed by atoms with van der Waals surface area (Å²) in [5.41, 5.74) is 1.22. The highest BCUT2D eigenvalue weighted by atomic mass is 35.5. The second kappa shape index (κ2) is 12.8. The van der Waals surface area contributed by atoms with Gasteiger partial charge in [-0.05, 0) is 48.4 Å². The molecule has 0 aromatic heterocycles. The first-order valence-electron chi connectivity index (χ1n) is 13.5. The molecule has 1 atom stereocenters. The van der Waals surface area contributed by atoms with Crippen LogP contribution in [-0.4, -0.2) is 50.0 Å². The Morgan fingerprint density at radius 1 is 0.974 bits per heavy atom. The van der Waals surface area contributed by atoms with Crippen LogP contribution in [0.25, 0.3) is 10.8 Å². The molecule has 1 saturated carbocycles. The van der Waals surface area contributed by atoms with Crippen LogP contribution in [0.5, 0.6) is 0 Å². The van der Waals surface area contributed by atoms with E-state index < -0.39 is 28.5 Å². The van der Waals surface area contributed by atoms with E-state index in [9.17, 15) is 18.0 Å². The van der Waals surface area contributed by atoms with Crippen molar-refractivity contribution in [3.8, 4) is 0 Å². The fraction of sp³-hybridized carbons (Fsp3) is 0.400. The number of hydrogen-bond acceptors (Lipinski definition) is 4. The second-order valence-electron chi connectivity index (χ2n) is 10.2. The maximum Gasteiger partial charge on any atom is 0.244 e. The van der Waals surface area contributed by atoms with Crippen LogP contribution in [0.3, 0.4) is 0 Å². The lowest BCUT2D eigenvalue weighted by atomic mass is 9.95. The minimum atomic E-state index is -3.82. The SMILES string of the molecule is CC[C@@H](C(=O)NC1CCCCC1)N(Cc1ccc(Cl)cc1)C(=O)CN(c1cccc2ccccc12)S(C)(=O)=O. The number of halogens is 1.